The quantitative estimate of drug-likeness (QED) is 0.402. The molecule has 1 aromatic heterocycles. The van der Waals surface area contributed by atoms with Gasteiger partial charge in [0.25, 0.3) is 5.82 Å². The SMILES string of the molecule is CCCCCC[C@H]([C@H](C)O)[N+]1([O-])C(=O)Nc2c(N)ncnc21. The minimum atomic E-state index is -1.33. The summed E-state index contributed by atoms with van der Waals surface area (Å²) < 4.78 is -1.33. The van der Waals surface area contributed by atoms with Crippen LogP contribution in [0.1, 0.15) is 46.0 Å². The molecule has 1 aliphatic rings. The predicted octanol–water partition coefficient (Wildman–Crippen LogP) is 2.13. The Bertz CT molecular complexity index is 551. The average molecular weight is 309 g/mol. The molecule has 4 N–H and O–H groups in total. The summed E-state index contributed by atoms with van der Waals surface area (Å²) in [5.41, 5.74) is 5.85. The zero-order valence-corrected chi connectivity index (χ0v) is 13.0. The van der Waals surface area contributed by atoms with Crippen LogP contribution in [0.15, 0.2) is 6.33 Å². The van der Waals surface area contributed by atoms with Crippen molar-refractivity contribution in [3.05, 3.63) is 11.5 Å². The molecule has 22 heavy (non-hydrogen) atoms. The van der Waals surface area contributed by atoms with Gasteiger partial charge in [-0.15, -0.1) is 0 Å². The maximum atomic E-state index is 13.2. The van der Waals surface area contributed by atoms with Crippen LogP contribution >= 0.6 is 0 Å². The van der Waals surface area contributed by atoms with E-state index in [-0.39, 0.29) is 17.3 Å². The molecular formula is C14H23N5O3. The van der Waals surface area contributed by atoms with Gasteiger partial charge in [-0.05, 0) is 13.3 Å². The fraction of sp³-hybridized carbons (Fsp3) is 0.643. The van der Waals surface area contributed by atoms with Crippen molar-refractivity contribution in [2.75, 3.05) is 11.1 Å². The van der Waals surface area contributed by atoms with Crippen LogP contribution in [0.4, 0.5) is 22.1 Å². The van der Waals surface area contributed by atoms with Crippen molar-refractivity contribution in [2.24, 2.45) is 0 Å². The molecule has 2 amide bonds. The monoisotopic (exact) mass is 309 g/mol. The molecular weight excluding hydrogens is 286 g/mol. The molecule has 0 saturated carbocycles. The molecule has 0 radical (unpaired) electrons. The summed E-state index contributed by atoms with van der Waals surface area (Å²) in [6.07, 6.45) is 4.53. The van der Waals surface area contributed by atoms with Gasteiger partial charge < -0.3 is 16.0 Å². The van der Waals surface area contributed by atoms with Crippen molar-refractivity contribution in [3.8, 4) is 0 Å². The molecule has 122 valence electrons. The molecule has 8 nitrogen and oxygen atoms in total. The second kappa shape index (κ2) is 6.55. The first kappa shape index (κ1) is 16.6. The number of nitrogens with zero attached hydrogens (tertiary/aromatic N) is 3. The predicted molar refractivity (Wildman–Crippen MR) is 84.9 cm³/mol. The standard InChI is InChI=1S/C14H23N5O3/c1-3-4-5-6-7-10(9(2)20)19(22)13-11(18-14(19)21)12(15)16-8-17-13/h8-10,20H,3-7H2,1-2H3,(H,18,21)(H2,15,16,17)/t9-,10+,19?/m0/s1. The summed E-state index contributed by atoms with van der Waals surface area (Å²) in [6.45, 7) is 3.62. The Morgan fingerprint density at radius 3 is 2.77 bits per heavy atom. The van der Waals surface area contributed by atoms with Crippen molar-refractivity contribution in [3.63, 3.8) is 0 Å². The number of hydroxylamine groups is 2. The molecule has 0 bridgehead atoms. The number of aliphatic hydroxyl groups excluding tert-OH is 1. The Hall–Kier alpha value is -1.77. The smallest absolute Gasteiger partial charge is 0.428 e. The number of rotatable bonds is 7. The fourth-order valence-corrected chi connectivity index (χ4v) is 2.86. The van der Waals surface area contributed by atoms with E-state index < -0.39 is 22.8 Å². The van der Waals surface area contributed by atoms with Gasteiger partial charge in [0.05, 0.1) is 0 Å². The molecule has 0 fully saturated rings. The van der Waals surface area contributed by atoms with E-state index in [9.17, 15) is 15.1 Å². The number of amides is 2. The number of nitrogens with two attached hydrogens (primary N) is 1. The van der Waals surface area contributed by atoms with E-state index in [1.807, 2.05) is 0 Å². The van der Waals surface area contributed by atoms with Crippen molar-refractivity contribution >= 4 is 23.4 Å². The van der Waals surface area contributed by atoms with Crippen LogP contribution in [-0.2, 0) is 0 Å². The number of anilines is 2. The molecule has 2 rings (SSSR count). The first-order valence-electron chi connectivity index (χ1n) is 7.63. The van der Waals surface area contributed by atoms with E-state index in [0.29, 0.717) is 6.42 Å². The molecule has 1 aliphatic heterocycles. The summed E-state index contributed by atoms with van der Waals surface area (Å²) in [6, 6.07) is -1.59. The number of quaternary nitrogens is 1. The second-order valence-corrected chi connectivity index (χ2v) is 5.70. The highest BCUT2D eigenvalue weighted by Crippen LogP contribution is 2.42. The maximum Gasteiger partial charge on any atom is 0.428 e. The lowest BCUT2D eigenvalue weighted by Gasteiger charge is -2.41. The molecule has 0 aliphatic carbocycles. The molecule has 0 aromatic carbocycles. The Morgan fingerprint density at radius 1 is 1.41 bits per heavy atom. The summed E-state index contributed by atoms with van der Waals surface area (Å²) >= 11 is 0. The van der Waals surface area contributed by atoms with Gasteiger partial charge in [-0.25, -0.2) is 14.4 Å². The molecule has 8 heteroatoms. The van der Waals surface area contributed by atoms with Crippen LogP contribution in [0.3, 0.4) is 0 Å². The third-order valence-corrected chi connectivity index (χ3v) is 4.08. The topological polar surface area (TPSA) is 124 Å². The normalized spacial score (nSPS) is 23.0. The maximum absolute atomic E-state index is 13.2. The van der Waals surface area contributed by atoms with Crippen LogP contribution in [0, 0.1) is 5.21 Å². The zero-order chi connectivity index (χ0) is 16.3. The number of carbonyl (C=O) groups is 1. The Kier molecular flexibility index (Phi) is 4.94. The van der Waals surface area contributed by atoms with Crippen LogP contribution < -0.4 is 15.7 Å². The lowest BCUT2D eigenvalue weighted by molar-refractivity contribution is 0.0984. The second-order valence-electron chi connectivity index (χ2n) is 5.70. The number of nitrogen functional groups attached to an aromatic ring is 1. The fourth-order valence-electron chi connectivity index (χ4n) is 2.86. The number of hydrogen-bond acceptors (Lipinski definition) is 6. The van der Waals surface area contributed by atoms with Gasteiger partial charge in [-0.3, -0.25) is 5.32 Å². The number of nitrogens with one attached hydrogen (secondary N) is 1. The Labute approximate surface area is 129 Å². The zero-order valence-electron chi connectivity index (χ0n) is 13.0. The lowest BCUT2D eigenvalue weighted by Crippen LogP contribution is -2.59. The summed E-state index contributed by atoms with van der Waals surface area (Å²) in [7, 11) is 0. The molecule has 1 unspecified atom stereocenters. The molecule has 0 saturated heterocycles. The number of hydrogen-bond donors (Lipinski definition) is 3. The van der Waals surface area contributed by atoms with E-state index in [1.165, 1.54) is 6.92 Å². The van der Waals surface area contributed by atoms with Gasteiger partial charge in [-0.1, -0.05) is 26.2 Å². The van der Waals surface area contributed by atoms with Crippen LogP contribution in [-0.4, -0.2) is 33.3 Å². The van der Waals surface area contributed by atoms with Crippen molar-refractivity contribution in [2.45, 2.75) is 58.1 Å². The van der Waals surface area contributed by atoms with Gasteiger partial charge in [-0.2, -0.15) is 4.98 Å². The molecule has 2 heterocycles. The first-order chi connectivity index (χ1) is 10.4. The molecule has 1 aromatic rings. The number of fused-ring (bicyclic) bond motifs is 1. The van der Waals surface area contributed by atoms with E-state index >= 15 is 0 Å². The van der Waals surface area contributed by atoms with Gasteiger partial charge in [0.1, 0.15) is 18.5 Å². The summed E-state index contributed by atoms with van der Waals surface area (Å²) in [4.78, 5) is 20.0. The number of carbonyl (C=O) groups excluding carboxylic acids is 1. The van der Waals surface area contributed by atoms with Gasteiger partial charge in [0, 0.05) is 6.42 Å². The average Bonchev–Trinajstić information content (AvgIpc) is 2.73. The van der Waals surface area contributed by atoms with Crippen molar-refractivity contribution in [1.29, 1.82) is 0 Å². The highest BCUT2D eigenvalue weighted by Gasteiger charge is 2.50. The van der Waals surface area contributed by atoms with Crippen molar-refractivity contribution < 1.29 is 9.90 Å². The summed E-state index contributed by atoms with van der Waals surface area (Å²) in [5, 5.41) is 25.7. The Balaban J connectivity index is 2.30. The van der Waals surface area contributed by atoms with Gasteiger partial charge in [0.2, 0.25) is 0 Å². The number of aliphatic hydroxyl groups is 1. The van der Waals surface area contributed by atoms with Crippen LogP contribution in [0.5, 0.6) is 0 Å². The van der Waals surface area contributed by atoms with Crippen LogP contribution in [0.2, 0.25) is 0 Å². The molecule has 3 atom stereocenters. The third-order valence-electron chi connectivity index (χ3n) is 4.08. The summed E-state index contributed by atoms with van der Waals surface area (Å²) in [5.74, 6) is 0.0448. The molecule has 0 spiro atoms. The van der Waals surface area contributed by atoms with Crippen molar-refractivity contribution in [1.82, 2.24) is 14.6 Å². The Morgan fingerprint density at radius 2 is 2.14 bits per heavy atom. The van der Waals surface area contributed by atoms with E-state index in [1.54, 1.807) is 0 Å². The first-order valence-corrected chi connectivity index (χ1v) is 7.63. The third kappa shape index (κ3) is 2.77. The number of unbranched alkanes of at least 4 members (excludes halogenated alkanes) is 3. The van der Waals surface area contributed by atoms with E-state index in [4.69, 9.17) is 5.73 Å². The number of aromatic nitrogens is 2. The largest absolute Gasteiger partial charge is 0.617 e. The van der Waals surface area contributed by atoms with Gasteiger partial charge in [0.15, 0.2) is 11.5 Å². The highest BCUT2D eigenvalue weighted by molar-refractivity contribution is 6.09. The lowest BCUT2D eigenvalue weighted by atomic mass is 10.0. The van der Waals surface area contributed by atoms with Gasteiger partial charge >= 0.3 is 6.03 Å². The van der Waals surface area contributed by atoms with E-state index in [0.717, 1.165) is 32.0 Å². The minimum absolute atomic E-state index is 0.0149. The highest BCUT2D eigenvalue weighted by atomic mass is 16.6. The van der Waals surface area contributed by atoms with Crippen LogP contribution in [0.25, 0.3) is 0 Å². The minimum Gasteiger partial charge on any atom is -0.617 e. The van der Waals surface area contributed by atoms with E-state index in [2.05, 4.69) is 22.2 Å². The number of urea groups is 1.